The quantitative estimate of drug-likeness (QED) is 0.917. The van der Waals surface area contributed by atoms with Crippen LogP contribution in [-0.2, 0) is 0 Å². The van der Waals surface area contributed by atoms with Crippen LogP contribution in [0, 0.1) is 13.8 Å². The Kier molecular flexibility index (Phi) is 3.59. The Labute approximate surface area is 112 Å². The second kappa shape index (κ2) is 4.98. The van der Waals surface area contributed by atoms with Gasteiger partial charge in [0, 0.05) is 20.9 Å². The van der Waals surface area contributed by atoms with Gasteiger partial charge in [-0.05, 0) is 47.5 Å². The Hall–Kier alpha value is -1.20. The molecule has 0 aliphatic rings. The van der Waals surface area contributed by atoms with Gasteiger partial charge in [0.15, 0.2) is 0 Å². The van der Waals surface area contributed by atoms with E-state index in [2.05, 4.69) is 26.2 Å². The molecular formula is C12H11BrN2OS. The standard InChI is InChI=1S/C12H11BrN2OS/c1-7-8(2)17-6-10(7)12(16)15-11-4-3-9(13)5-14-11/h3-6H,1-2H3,(H,14,15,16). The highest BCUT2D eigenvalue weighted by atomic mass is 79.9. The molecule has 5 heteroatoms. The fraction of sp³-hybridized carbons (Fsp3) is 0.167. The molecule has 0 saturated carbocycles. The number of aryl methyl sites for hydroxylation is 1. The highest BCUT2D eigenvalue weighted by Gasteiger charge is 2.12. The molecule has 0 aliphatic heterocycles. The van der Waals surface area contributed by atoms with Gasteiger partial charge in [0.1, 0.15) is 5.82 Å². The van der Waals surface area contributed by atoms with Gasteiger partial charge in [-0.1, -0.05) is 0 Å². The van der Waals surface area contributed by atoms with Crippen molar-refractivity contribution in [3.05, 3.63) is 44.2 Å². The van der Waals surface area contributed by atoms with Crippen molar-refractivity contribution in [3.8, 4) is 0 Å². The number of hydrogen-bond donors (Lipinski definition) is 1. The highest BCUT2D eigenvalue weighted by Crippen LogP contribution is 2.21. The molecule has 2 heterocycles. The van der Waals surface area contributed by atoms with Crippen LogP contribution in [0.15, 0.2) is 28.2 Å². The molecule has 0 atom stereocenters. The van der Waals surface area contributed by atoms with Crippen molar-refractivity contribution in [1.82, 2.24) is 4.98 Å². The second-order valence-corrected chi connectivity index (χ2v) is 5.65. The van der Waals surface area contributed by atoms with E-state index in [-0.39, 0.29) is 5.91 Å². The Balaban J connectivity index is 2.17. The summed E-state index contributed by atoms with van der Waals surface area (Å²) in [6.45, 7) is 3.96. The van der Waals surface area contributed by atoms with Crippen molar-refractivity contribution in [2.45, 2.75) is 13.8 Å². The summed E-state index contributed by atoms with van der Waals surface area (Å²) < 4.78 is 0.887. The van der Waals surface area contributed by atoms with Gasteiger partial charge in [-0.15, -0.1) is 11.3 Å². The first-order valence-electron chi connectivity index (χ1n) is 5.05. The van der Waals surface area contributed by atoms with Crippen LogP contribution in [0.1, 0.15) is 20.8 Å². The maximum absolute atomic E-state index is 12.0. The van der Waals surface area contributed by atoms with E-state index in [1.165, 1.54) is 4.88 Å². The average molecular weight is 311 g/mol. The molecule has 1 N–H and O–H groups in total. The van der Waals surface area contributed by atoms with E-state index in [4.69, 9.17) is 0 Å². The number of carbonyl (C=O) groups excluding carboxylic acids is 1. The summed E-state index contributed by atoms with van der Waals surface area (Å²) in [4.78, 5) is 17.2. The molecular weight excluding hydrogens is 300 g/mol. The molecule has 1 amide bonds. The fourth-order valence-electron chi connectivity index (χ4n) is 1.37. The maximum atomic E-state index is 12.0. The van der Waals surface area contributed by atoms with Crippen molar-refractivity contribution in [2.24, 2.45) is 0 Å². The largest absolute Gasteiger partial charge is 0.307 e. The highest BCUT2D eigenvalue weighted by molar-refractivity contribution is 9.10. The van der Waals surface area contributed by atoms with Gasteiger partial charge in [-0.2, -0.15) is 0 Å². The van der Waals surface area contributed by atoms with Gasteiger partial charge >= 0.3 is 0 Å². The van der Waals surface area contributed by atoms with Crippen LogP contribution in [0.25, 0.3) is 0 Å². The first-order valence-corrected chi connectivity index (χ1v) is 6.73. The lowest BCUT2D eigenvalue weighted by atomic mass is 10.1. The molecule has 88 valence electrons. The van der Waals surface area contributed by atoms with Crippen LogP contribution in [0.2, 0.25) is 0 Å². The minimum absolute atomic E-state index is 0.110. The zero-order valence-corrected chi connectivity index (χ0v) is 11.9. The molecule has 0 fully saturated rings. The summed E-state index contributed by atoms with van der Waals surface area (Å²) in [6, 6.07) is 3.60. The third kappa shape index (κ3) is 2.73. The number of aromatic nitrogens is 1. The van der Waals surface area contributed by atoms with E-state index in [1.807, 2.05) is 25.3 Å². The lowest BCUT2D eigenvalue weighted by Gasteiger charge is -2.04. The zero-order valence-electron chi connectivity index (χ0n) is 9.45. The van der Waals surface area contributed by atoms with Crippen molar-refractivity contribution < 1.29 is 4.79 Å². The molecule has 2 aromatic rings. The third-order valence-electron chi connectivity index (χ3n) is 2.50. The third-order valence-corrected chi connectivity index (χ3v) is 3.98. The molecule has 0 radical (unpaired) electrons. The summed E-state index contributed by atoms with van der Waals surface area (Å²) in [5, 5.41) is 4.65. The molecule has 0 aromatic carbocycles. The van der Waals surface area contributed by atoms with E-state index in [9.17, 15) is 4.79 Å². The first kappa shape index (κ1) is 12.3. The summed E-state index contributed by atoms with van der Waals surface area (Å²) in [5.41, 5.74) is 1.75. The van der Waals surface area contributed by atoms with Gasteiger partial charge < -0.3 is 5.32 Å². The number of halogens is 1. The molecule has 3 nitrogen and oxygen atoms in total. The number of rotatable bonds is 2. The summed E-state index contributed by atoms with van der Waals surface area (Å²) in [5.74, 6) is 0.447. The zero-order chi connectivity index (χ0) is 12.4. The molecule has 17 heavy (non-hydrogen) atoms. The van der Waals surface area contributed by atoms with Gasteiger partial charge in [0.2, 0.25) is 0 Å². The van der Waals surface area contributed by atoms with Crippen LogP contribution < -0.4 is 5.32 Å². The summed E-state index contributed by atoms with van der Waals surface area (Å²) in [7, 11) is 0. The molecule has 2 rings (SSSR count). The predicted molar refractivity (Wildman–Crippen MR) is 73.7 cm³/mol. The molecule has 0 unspecified atom stereocenters. The maximum Gasteiger partial charge on any atom is 0.257 e. The normalized spacial score (nSPS) is 10.3. The number of pyridine rings is 1. The SMILES string of the molecule is Cc1scc(C(=O)Nc2ccc(Br)cn2)c1C. The summed E-state index contributed by atoms with van der Waals surface area (Å²) in [6.07, 6.45) is 1.65. The van der Waals surface area contributed by atoms with Crippen LogP contribution in [0.5, 0.6) is 0 Å². The van der Waals surface area contributed by atoms with Crippen molar-refractivity contribution >= 4 is 39.0 Å². The number of hydrogen-bond acceptors (Lipinski definition) is 3. The fourth-order valence-corrected chi connectivity index (χ4v) is 2.47. The van der Waals surface area contributed by atoms with E-state index in [0.717, 1.165) is 15.6 Å². The van der Waals surface area contributed by atoms with E-state index in [0.29, 0.717) is 5.82 Å². The number of nitrogens with one attached hydrogen (secondary N) is 1. The van der Waals surface area contributed by atoms with Crippen molar-refractivity contribution in [2.75, 3.05) is 5.32 Å². The van der Waals surface area contributed by atoms with Gasteiger partial charge in [0.25, 0.3) is 5.91 Å². The van der Waals surface area contributed by atoms with Gasteiger partial charge in [-0.25, -0.2) is 4.98 Å². The minimum Gasteiger partial charge on any atom is -0.307 e. The van der Waals surface area contributed by atoms with Crippen LogP contribution in [0.4, 0.5) is 5.82 Å². The smallest absolute Gasteiger partial charge is 0.257 e. The Morgan fingerprint density at radius 1 is 1.41 bits per heavy atom. The second-order valence-electron chi connectivity index (χ2n) is 3.65. The van der Waals surface area contributed by atoms with Crippen LogP contribution in [-0.4, -0.2) is 10.9 Å². The molecule has 0 saturated heterocycles. The van der Waals surface area contributed by atoms with Crippen LogP contribution >= 0.6 is 27.3 Å². The molecule has 0 spiro atoms. The van der Waals surface area contributed by atoms with E-state index < -0.39 is 0 Å². The number of anilines is 1. The van der Waals surface area contributed by atoms with E-state index >= 15 is 0 Å². The minimum atomic E-state index is -0.110. The Morgan fingerprint density at radius 2 is 2.18 bits per heavy atom. The number of nitrogens with zero attached hydrogens (tertiary/aromatic N) is 1. The van der Waals surface area contributed by atoms with E-state index in [1.54, 1.807) is 23.6 Å². The lowest BCUT2D eigenvalue weighted by Crippen LogP contribution is -2.13. The Morgan fingerprint density at radius 3 is 2.71 bits per heavy atom. The molecule has 2 aromatic heterocycles. The van der Waals surface area contributed by atoms with Gasteiger partial charge in [0.05, 0.1) is 5.56 Å². The van der Waals surface area contributed by atoms with Crippen molar-refractivity contribution in [1.29, 1.82) is 0 Å². The Bertz CT molecular complexity index is 548. The monoisotopic (exact) mass is 310 g/mol. The lowest BCUT2D eigenvalue weighted by molar-refractivity contribution is 0.102. The topological polar surface area (TPSA) is 42.0 Å². The number of thiophene rings is 1. The average Bonchev–Trinajstić information content (AvgIpc) is 2.63. The molecule has 0 bridgehead atoms. The number of amides is 1. The number of carbonyl (C=O) groups is 1. The predicted octanol–water partition coefficient (Wildman–Crippen LogP) is 3.77. The first-order chi connectivity index (χ1) is 8.08. The van der Waals surface area contributed by atoms with Gasteiger partial charge in [-0.3, -0.25) is 4.79 Å². The van der Waals surface area contributed by atoms with Crippen LogP contribution in [0.3, 0.4) is 0 Å². The van der Waals surface area contributed by atoms with Crippen molar-refractivity contribution in [3.63, 3.8) is 0 Å². The summed E-state index contributed by atoms with van der Waals surface area (Å²) >= 11 is 4.88. The molecule has 0 aliphatic carbocycles.